The van der Waals surface area contributed by atoms with Crippen LogP contribution in [0.4, 0.5) is 0 Å². The molecular formula is C16H22N6. The van der Waals surface area contributed by atoms with Crippen molar-refractivity contribution in [2.45, 2.75) is 26.3 Å². The Kier molecular flexibility index (Phi) is 4.68. The quantitative estimate of drug-likeness (QED) is 0.691. The second-order valence-electron chi connectivity index (χ2n) is 5.34. The van der Waals surface area contributed by atoms with Gasteiger partial charge in [-0.3, -0.25) is 0 Å². The molecule has 0 amide bonds. The Hall–Kier alpha value is -2.37. The molecule has 0 aromatic carbocycles. The van der Waals surface area contributed by atoms with Crippen LogP contribution in [-0.4, -0.2) is 45.3 Å². The van der Waals surface area contributed by atoms with Crippen molar-refractivity contribution < 1.29 is 0 Å². The highest BCUT2D eigenvalue weighted by Crippen LogP contribution is 2.10. The van der Waals surface area contributed by atoms with E-state index < -0.39 is 0 Å². The predicted molar refractivity (Wildman–Crippen MR) is 87.0 cm³/mol. The number of hydrogen-bond donors (Lipinski definition) is 1. The van der Waals surface area contributed by atoms with Crippen molar-refractivity contribution in [3.8, 4) is 5.82 Å². The standard InChI is InChI=1S/C16H22N6/c1-2-17-16(21-9-3-4-10-21)19-13-14-6-8-18-15(12-14)22-11-5-7-20-22/h5-8,11-12H,2-4,9-10,13H2,1H3,(H,17,19). The lowest BCUT2D eigenvalue weighted by Gasteiger charge is -2.20. The summed E-state index contributed by atoms with van der Waals surface area (Å²) in [4.78, 5) is 11.4. The van der Waals surface area contributed by atoms with Crippen LogP contribution in [0.1, 0.15) is 25.3 Å². The minimum Gasteiger partial charge on any atom is -0.357 e. The van der Waals surface area contributed by atoms with Crippen molar-refractivity contribution in [1.82, 2.24) is 25.0 Å². The first-order chi connectivity index (χ1) is 10.9. The summed E-state index contributed by atoms with van der Waals surface area (Å²) in [6.45, 7) is 5.84. The van der Waals surface area contributed by atoms with E-state index >= 15 is 0 Å². The zero-order valence-electron chi connectivity index (χ0n) is 12.9. The Morgan fingerprint density at radius 3 is 2.91 bits per heavy atom. The average molecular weight is 298 g/mol. The zero-order chi connectivity index (χ0) is 15.2. The lowest BCUT2D eigenvalue weighted by molar-refractivity contribution is 0.493. The summed E-state index contributed by atoms with van der Waals surface area (Å²) in [5.41, 5.74) is 1.13. The van der Waals surface area contributed by atoms with Gasteiger partial charge < -0.3 is 10.2 Å². The molecule has 2 aromatic heterocycles. The number of aromatic nitrogens is 3. The van der Waals surface area contributed by atoms with Gasteiger partial charge in [0.2, 0.25) is 0 Å². The van der Waals surface area contributed by atoms with Crippen LogP contribution in [0.25, 0.3) is 5.82 Å². The number of nitrogens with one attached hydrogen (secondary N) is 1. The number of aliphatic imine (C=N–C) groups is 1. The highest BCUT2D eigenvalue weighted by atomic mass is 15.3. The molecule has 0 radical (unpaired) electrons. The van der Waals surface area contributed by atoms with Gasteiger partial charge in [0.05, 0.1) is 6.54 Å². The van der Waals surface area contributed by atoms with Crippen LogP contribution >= 0.6 is 0 Å². The molecule has 116 valence electrons. The minimum absolute atomic E-state index is 0.648. The lowest BCUT2D eigenvalue weighted by atomic mass is 10.2. The Morgan fingerprint density at radius 2 is 2.18 bits per heavy atom. The van der Waals surface area contributed by atoms with Crippen molar-refractivity contribution in [1.29, 1.82) is 0 Å². The van der Waals surface area contributed by atoms with E-state index in [1.165, 1.54) is 12.8 Å². The average Bonchev–Trinajstić information content (AvgIpc) is 3.24. The number of rotatable bonds is 4. The molecule has 6 heteroatoms. The van der Waals surface area contributed by atoms with Gasteiger partial charge >= 0.3 is 0 Å². The summed E-state index contributed by atoms with van der Waals surface area (Å²) in [6, 6.07) is 5.93. The minimum atomic E-state index is 0.648. The Bertz CT molecular complexity index is 613. The topological polar surface area (TPSA) is 58.3 Å². The van der Waals surface area contributed by atoms with Crippen LogP contribution in [0.15, 0.2) is 41.8 Å². The van der Waals surface area contributed by atoms with Gasteiger partial charge in [-0.15, -0.1) is 0 Å². The fraction of sp³-hybridized carbons (Fsp3) is 0.438. The molecule has 3 rings (SSSR count). The van der Waals surface area contributed by atoms with Gasteiger partial charge in [-0.25, -0.2) is 14.7 Å². The summed E-state index contributed by atoms with van der Waals surface area (Å²) in [5.74, 6) is 1.83. The molecule has 0 saturated carbocycles. The molecule has 2 aromatic rings. The molecule has 0 bridgehead atoms. The molecule has 0 atom stereocenters. The number of guanidine groups is 1. The summed E-state index contributed by atoms with van der Waals surface area (Å²) < 4.78 is 1.76. The first-order valence-corrected chi connectivity index (χ1v) is 7.85. The molecule has 1 saturated heterocycles. The third kappa shape index (κ3) is 3.44. The molecule has 1 fully saturated rings. The van der Waals surface area contributed by atoms with E-state index in [-0.39, 0.29) is 0 Å². The zero-order valence-corrected chi connectivity index (χ0v) is 12.9. The van der Waals surface area contributed by atoms with Gasteiger partial charge in [0.1, 0.15) is 0 Å². The van der Waals surface area contributed by atoms with E-state index in [0.717, 1.165) is 37.0 Å². The van der Waals surface area contributed by atoms with Crippen LogP contribution in [0.3, 0.4) is 0 Å². The Morgan fingerprint density at radius 1 is 1.32 bits per heavy atom. The van der Waals surface area contributed by atoms with Gasteiger partial charge in [-0.1, -0.05) is 0 Å². The van der Waals surface area contributed by atoms with Crippen molar-refractivity contribution >= 4 is 5.96 Å². The molecule has 0 aliphatic carbocycles. The summed E-state index contributed by atoms with van der Waals surface area (Å²) in [7, 11) is 0. The first-order valence-electron chi connectivity index (χ1n) is 7.85. The molecule has 6 nitrogen and oxygen atoms in total. The third-order valence-electron chi connectivity index (χ3n) is 3.70. The second kappa shape index (κ2) is 7.06. The molecular weight excluding hydrogens is 276 g/mol. The lowest BCUT2D eigenvalue weighted by Crippen LogP contribution is -2.39. The number of nitrogens with zero attached hydrogens (tertiary/aromatic N) is 5. The highest BCUT2D eigenvalue weighted by Gasteiger charge is 2.15. The van der Waals surface area contributed by atoms with E-state index in [1.54, 1.807) is 10.9 Å². The molecule has 0 unspecified atom stereocenters. The highest BCUT2D eigenvalue weighted by molar-refractivity contribution is 5.80. The first kappa shape index (κ1) is 14.6. The van der Waals surface area contributed by atoms with Gasteiger partial charge in [-0.2, -0.15) is 5.10 Å². The third-order valence-corrected chi connectivity index (χ3v) is 3.70. The Balaban J connectivity index is 1.73. The molecule has 1 N–H and O–H groups in total. The van der Waals surface area contributed by atoms with E-state index in [2.05, 4.69) is 27.2 Å². The summed E-state index contributed by atoms with van der Waals surface area (Å²) in [5, 5.41) is 7.59. The fourth-order valence-corrected chi connectivity index (χ4v) is 2.61. The number of likely N-dealkylation sites (tertiary alicyclic amines) is 1. The largest absolute Gasteiger partial charge is 0.357 e. The van der Waals surface area contributed by atoms with Crippen molar-refractivity contribution in [3.63, 3.8) is 0 Å². The maximum atomic E-state index is 4.76. The number of pyridine rings is 1. The van der Waals surface area contributed by atoms with E-state index in [1.807, 2.05) is 30.6 Å². The van der Waals surface area contributed by atoms with Gasteiger partial charge in [0, 0.05) is 38.2 Å². The molecule has 22 heavy (non-hydrogen) atoms. The van der Waals surface area contributed by atoms with Crippen LogP contribution in [0.2, 0.25) is 0 Å². The number of hydrogen-bond acceptors (Lipinski definition) is 3. The fourth-order valence-electron chi connectivity index (χ4n) is 2.61. The maximum Gasteiger partial charge on any atom is 0.194 e. The summed E-state index contributed by atoms with van der Waals surface area (Å²) >= 11 is 0. The molecule has 3 heterocycles. The van der Waals surface area contributed by atoms with Gasteiger partial charge in [-0.05, 0) is 43.5 Å². The van der Waals surface area contributed by atoms with Gasteiger partial charge in [0.15, 0.2) is 11.8 Å². The summed E-state index contributed by atoms with van der Waals surface area (Å²) in [6.07, 6.45) is 7.96. The normalized spacial score (nSPS) is 15.3. The van der Waals surface area contributed by atoms with Gasteiger partial charge in [0.25, 0.3) is 0 Å². The van der Waals surface area contributed by atoms with Crippen molar-refractivity contribution in [2.24, 2.45) is 4.99 Å². The van der Waals surface area contributed by atoms with Crippen LogP contribution in [0.5, 0.6) is 0 Å². The van der Waals surface area contributed by atoms with Crippen LogP contribution < -0.4 is 5.32 Å². The predicted octanol–water partition coefficient (Wildman–Crippen LogP) is 1.83. The van der Waals surface area contributed by atoms with Crippen molar-refractivity contribution in [2.75, 3.05) is 19.6 Å². The van der Waals surface area contributed by atoms with E-state index in [0.29, 0.717) is 6.54 Å². The Labute approximate surface area is 130 Å². The molecule has 1 aliphatic heterocycles. The van der Waals surface area contributed by atoms with E-state index in [9.17, 15) is 0 Å². The maximum absolute atomic E-state index is 4.76. The monoisotopic (exact) mass is 298 g/mol. The van der Waals surface area contributed by atoms with Crippen LogP contribution in [-0.2, 0) is 6.54 Å². The second-order valence-corrected chi connectivity index (χ2v) is 5.34. The smallest absolute Gasteiger partial charge is 0.194 e. The molecule has 0 spiro atoms. The van der Waals surface area contributed by atoms with Crippen molar-refractivity contribution in [3.05, 3.63) is 42.4 Å². The molecule has 1 aliphatic rings. The van der Waals surface area contributed by atoms with E-state index in [4.69, 9.17) is 4.99 Å². The SMILES string of the molecule is CCNC(=NCc1ccnc(-n2cccn2)c1)N1CCCC1. The van der Waals surface area contributed by atoms with Crippen LogP contribution in [0, 0.1) is 0 Å².